The van der Waals surface area contributed by atoms with Crippen LogP contribution in [0.4, 0.5) is 5.69 Å². The monoisotopic (exact) mass is 304 g/mol. The van der Waals surface area contributed by atoms with Crippen LogP contribution in [-0.2, 0) is 11.8 Å². The lowest BCUT2D eigenvalue weighted by molar-refractivity contribution is -0.118. The van der Waals surface area contributed by atoms with Gasteiger partial charge in [0.05, 0.1) is 23.6 Å². The Morgan fingerprint density at radius 3 is 2.64 bits per heavy atom. The summed E-state index contributed by atoms with van der Waals surface area (Å²) in [5, 5.41) is 7.41. The average molecular weight is 304 g/mol. The normalized spacial score (nSPS) is 25.8. The van der Waals surface area contributed by atoms with Crippen molar-refractivity contribution in [2.75, 3.05) is 25.0 Å². The molecule has 0 bridgehead atoms. The third kappa shape index (κ3) is 3.19. The van der Waals surface area contributed by atoms with Crippen LogP contribution >= 0.6 is 0 Å². The van der Waals surface area contributed by atoms with Crippen LogP contribution in [0, 0.1) is 25.7 Å². The molecule has 1 amide bonds. The molecule has 2 fully saturated rings. The Balaban J connectivity index is 1.56. The van der Waals surface area contributed by atoms with Gasteiger partial charge in [0, 0.05) is 13.6 Å². The van der Waals surface area contributed by atoms with Gasteiger partial charge in [0.2, 0.25) is 5.91 Å². The molecule has 0 unspecified atom stereocenters. The number of amides is 1. The minimum absolute atomic E-state index is 0.0912. The molecule has 1 saturated heterocycles. The van der Waals surface area contributed by atoms with Gasteiger partial charge in [-0.25, -0.2) is 0 Å². The van der Waals surface area contributed by atoms with Crippen molar-refractivity contribution in [3.05, 3.63) is 11.4 Å². The molecule has 2 atom stereocenters. The molecule has 0 aromatic carbocycles. The number of nitrogens with one attached hydrogen (secondary N) is 1. The van der Waals surface area contributed by atoms with Gasteiger partial charge in [-0.05, 0) is 45.1 Å². The zero-order valence-electron chi connectivity index (χ0n) is 14.1. The highest BCUT2D eigenvalue weighted by Gasteiger charge is 2.31. The summed E-state index contributed by atoms with van der Waals surface area (Å²) in [5.74, 6) is 1.82. The van der Waals surface area contributed by atoms with Crippen LogP contribution in [0.2, 0.25) is 0 Å². The summed E-state index contributed by atoms with van der Waals surface area (Å²) in [6, 6.07) is 0. The molecule has 0 spiro atoms. The van der Waals surface area contributed by atoms with Gasteiger partial charge in [-0.15, -0.1) is 0 Å². The molecule has 1 aliphatic carbocycles. The van der Waals surface area contributed by atoms with Crippen LogP contribution in [0.5, 0.6) is 0 Å². The van der Waals surface area contributed by atoms with Crippen LogP contribution in [0.1, 0.15) is 43.5 Å². The van der Waals surface area contributed by atoms with Crippen LogP contribution in [0.3, 0.4) is 0 Å². The van der Waals surface area contributed by atoms with Crippen molar-refractivity contribution in [1.29, 1.82) is 0 Å². The van der Waals surface area contributed by atoms with Crippen molar-refractivity contribution in [3.63, 3.8) is 0 Å². The van der Waals surface area contributed by atoms with Crippen molar-refractivity contribution >= 4 is 11.6 Å². The van der Waals surface area contributed by atoms with Crippen LogP contribution in [0.15, 0.2) is 0 Å². The molecule has 5 heteroatoms. The fourth-order valence-electron chi connectivity index (χ4n) is 4.16. The van der Waals surface area contributed by atoms with E-state index in [1.165, 1.54) is 32.1 Å². The largest absolute Gasteiger partial charge is 0.322 e. The van der Waals surface area contributed by atoms with Gasteiger partial charge >= 0.3 is 0 Å². The molecular formula is C17H28N4O. The molecule has 2 aliphatic rings. The van der Waals surface area contributed by atoms with Crippen LogP contribution < -0.4 is 5.32 Å². The summed E-state index contributed by atoms with van der Waals surface area (Å²) in [6.07, 6.45) is 6.79. The molecule has 1 saturated carbocycles. The summed E-state index contributed by atoms with van der Waals surface area (Å²) in [6.45, 7) is 6.61. The Hall–Kier alpha value is -1.36. The second-order valence-electron chi connectivity index (χ2n) is 7.05. The predicted molar refractivity (Wildman–Crippen MR) is 87.8 cm³/mol. The van der Waals surface area contributed by atoms with Crippen molar-refractivity contribution in [3.8, 4) is 0 Å². The number of likely N-dealkylation sites (tertiary alicyclic amines) is 1. The molecule has 122 valence electrons. The Morgan fingerprint density at radius 1 is 1.23 bits per heavy atom. The molecule has 0 radical (unpaired) electrons. The van der Waals surface area contributed by atoms with E-state index < -0.39 is 0 Å². The zero-order valence-corrected chi connectivity index (χ0v) is 14.1. The third-order valence-corrected chi connectivity index (χ3v) is 5.52. The molecule has 1 aliphatic heterocycles. The van der Waals surface area contributed by atoms with Crippen LogP contribution in [-0.4, -0.2) is 40.2 Å². The summed E-state index contributed by atoms with van der Waals surface area (Å²) < 4.78 is 1.82. The number of hydrogen-bond acceptors (Lipinski definition) is 3. The van der Waals surface area contributed by atoms with Gasteiger partial charge in [-0.1, -0.05) is 19.3 Å². The highest BCUT2D eigenvalue weighted by atomic mass is 16.2. The summed E-state index contributed by atoms with van der Waals surface area (Å²) in [5.41, 5.74) is 2.77. The molecule has 1 aromatic rings. The first-order valence-corrected chi connectivity index (χ1v) is 8.57. The van der Waals surface area contributed by atoms with E-state index in [-0.39, 0.29) is 5.91 Å². The maximum absolute atomic E-state index is 12.4. The smallest absolute Gasteiger partial charge is 0.238 e. The molecule has 1 aromatic heterocycles. The minimum atomic E-state index is 0.0912. The lowest BCUT2D eigenvalue weighted by Gasteiger charge is -2.41. The number of nitrogens with zero attached hydrogens (tertiary/aromatic N) is 3. The van der Waals surface area contributed by atoms with Crippen molar-refractivity contribution in [2.24, 2.45) is 18.9 Å². The van der Waals surface area contributed by atoms with E-state index in [4.69, 9.17) is 0 Å². The van der Waals surface area contributed by atoms with E-state index in [0.29, 0.717) is 6.54 Å². The summed E-state index contributed by atoms with van der Waals surface area (Å²) in [7, 11) is 1.91. The standard InChI is InChI=1S/C17H28N4O/c1-12-17(13(2)20(3)19-12)18-16(22)11-21-9-8-14-6-4-5-7-15(14)10-21/h14-15H,4-11H2,1-3H3,(H,18,22)/t14-,15+/m0/s1. The van der Waals surface area contributed by atoms with E-state index in [2.05, 4.69) is 15.3 Å². The molecule has 2 heterocycles. The van der Waals surface area contributed by atoms with Crippen molar-refractivity contribution in [2.45, 2.75) is 46.0 Å². The fourth-order valence-corrected chi connectivity index (χ4v) is 4.16. The Kier molecular flexibility index (Phi) is 4.52. The highest BCUT2D eigenvalue weighted by Crippen LogP contribution is 2.35. The van der Waals surface area contributed by atoms with Gasteiger partial charge in [0.1, 0.15) is 0 Å². The Bertz CT molecular complexity index is 551. The second kappa shape index (κ2) is 6.41. The zero-order chi connectivity index (χ0) is 15.7. The number of aromatic nitrogens is 2. The van der Waals surface area contributed by atoms with Gasteiger partial charge in [0.25, 0.3) is 0 Å². The van der Waals surface area contributed by atoms with E-state index in [1.807, 2.05) is 25.6 Å². The first-order chi connectivity index (χ1) is 10.5. The molecule has 3 rings (SSSR count). The van der Waals surface area contributed by atoms with Crippen molar-refractivity contribution < 1.29 is 4.79 Å². The third-order valence-electron chi connectivity index (χ3n) is 5.52. The maximum Gasteiger partial charge on any atom is 0.238 e. The van der Waals surface area contributed by atoms with E-state index in [0.717, 1.165) is 42.0 Å². The molecule has 22 heavy (non-hydrogen) atoms. The Labute approximate surface area is 133 Å². The maximum atomic E-state index is 12.4. The first-order valence-electron chi connectivity index (χ1n) is 8.57. The predicted octanol–water partition coefficient (Wildman–Crippen LogP) is 2.49. The summed E-state index contributed by atoms with van der Waals surface area (Å²) in [4.78, 5) is 14.7. The first kappa shape index (κ1) is 15.5. The quantitative estimate of drug-likeness (QED) is 0.933. The SMILES string of the molecule is Cc1nn(C)c(C)c1NC(=O)CN1CC[C@@H]2CCCC[C@@H]2C1. The highest BCUT2D eigenvalue weighted by molar-refractivity contribution is 5.93. The fraction of sp³-hybridized carbons (Fsp3) is 0.765. The number of rotatable bonds is 3. The van der Waals surface area contributed by atoms with Gasteiger partial charge < -0.3 is 5.32 Å². The minimum Gasteiger partial charge on any atom is -0.322 e. The number of anilines is 1. The van der Waals surface area contributed by atoms with E-state index in [9.17, 15) is 4.79 Å². The van der Waals surface area contributed by atoms with Gasteiger partial charge in [-0.3, -0.25) is 14.4 Å². The van der Waals surface area contributed by atoms with E-state index in [1.54, 1.807) is 0 Å². The number of carbonyl (C=O) groups is 1. The van der Waals surface area contributed by atoms with Gasteiger partial charge in [0.15, 0.2) is 0 Å². The number of carbonyl (C=O) groups excluding carboxylic acids is 1. The number of aryl methyl sites for hydroxylation is 2. The van der Waals surface area contributed by atoms with Crippen LogP contribution in [0.25, 0.3) is 0 Å². The number of piperidine rings is 1. The molecular weight excluding hydrogens is 276 g/mol. The van der Waals surface area contributed by atoms with Crippen molar-refractivity contribution in [1.82, 2.24) is 14.7 Å². The van der Waals surface area contributed by atoms with Gasteiger partial charge in [-0.2, -0.15) is 5.10 Å². The Morgan fingerprint density at radius 2 is 1.95 bits per heavy atom. The molecule has 1 N–H and O–H groups in total. The lowest BCUT2D eigenvalue weighted by Crippen LogP contribution is -2.44. The van der Waals surface area contributed by atoms with E-state index >= 15 is 0 Å². The summed E-state index contributed by atoms with van der Waals surface area (Å²) >= 11 is 0. The average Bonchev–Trinajstić information content (AvgIpc) is 2.73. The number of hydrogen-bond donors (Lipinski definition) is 1. The molecule has 5 nitrogen and oxygen atoms in total. The topological polar surface area (TPSA) is 50.2 Å². The lowest BCUT2D eigenvalue weighted by atomic mass is 9.75. The number of fused-ring (bicyclic) bond motifs is 1. The second-order valence-corrected chi connectivity index (χ2v) is 7.05.